The maximum Gasteiger partial charge on any atom is 0.140 e. The maximum absolute atomic E-state index is 8.65. The Kier molecular flexibility index (Phi) is 3.50. The summed E-state index contributed by atoms with van der Waals surface area (Å²) >= 11 is 0. The van der Waals surface area contributed by atoms with Gasteiger partial charge >= 0.3 is 0 Å². The number of nitriles is 1. The lowest BCUT2D eigenvalue weighted by atomic mass is 10.2. The average Bonchev–Trinajstić information content (AvgIpc) is 2.33. The van der Waals surface area contributed by atoms with E-state index in [-0.39, 0.29) is 0 Å². The molecule has 1 aromatic rings. The van der Waals surface area contributed by atoms with Crippen LogP contribution < -0.4 is 0 Å². The van der Waals surface area contributed by atoms with Crippen molar-refractivity contribution in [3.63, 3.8) is 0 Å². The van der Waals surface area contributed by atoms with Crippen molar-refractivity contribution in [3.8, 4) is 6.07 Å². The Balaban J connectivity index is 1.91. The number of hydrogen-bond acceptors (Lipinski definition) is 4. The quantitative estimate of drug-likeness (QED) is 0.730. The first kappa shape index (κ1) is 11.1. The fourth-order valence-corrected chi connectivity index (χ4v) is 1.85. The van der Waals surface area contributed by atoms with Gasteiger partial charge in [-0.05, 0) is 18.7 Å². The number of nitrogens with zero attached hydrogens (tertiary/aromatic N) is 4. The molecule has 0 N–H and O–H groups in total. The predicted octanol–water partition coefficient (Wildman–Crippen LogP) is 0.701. The van der Waals surface area contributed by atoms with Gasteiger partial charge in [-0.25, -0.2) is 4.98 Å². The van der Waals surface area contributed by atoms with E-state index in [0.717, 1.165) is 32.7 Å². The Morgan fingerprint density at radius 3 is 2.62 bits per heavy atom. The molecule has 1 saturated heterocycles. The molecule has 0 spiro atoms. The zero-order valence-corrected chi connectivity index (χ0v) is 9.56. The van der Waals surface area contributed by atoms with Crippen LogP contribution in [-0.4, -0.2) is 48.0 Å². The van der Waals surface area contributed by atoms with E-state index < -0.39 is 0 Å². The highest BCUT2D eigenvalue weighted by molar-refractivity contribution is 5.23. The minimum absolute atomic E-state index is 0.488. The van der Waals surface area contributed by atoms with Gasteiger partial charge in [-0.1, -0.05) is 6.07 Å². The van der Waals surface area contributed by atoms with Crippen molar-refractivity contribution in [2.45, 2.75) is 6.54 Å². The van der Waals surface area contributed by atoms with Gasteiger partial charge in [-0.3, -0.25) is 4.90 Å². The minimum Gasteiger partial charge on any atom is -0.304 e. The topological polar surface area (TPSA) is 43.2 Å². The molecule has 0 bridgehead atoms. The van der Waals surface area contributed by atoms with Crippen LogP contribution in [0, 0.1) is 11.3 Å². The monoisotopic (exact) mass is 216 g/mol. The fourth-order valence-electron chi connectivity index (χ4n) is 1.85. The number of rotatable bonds is 2. The summed E-state index contributed by atoms with van der Waals surface area (Å²) in [5.74, 6) is 0. The van der Waals surface area contributed by atoms with E-state index in [0.29, 0.717) is 5.69 Å². The molecule has 0 aliphatic carbocycles. The van der Waals surface area contributed by atoms with Crippen LogP contribution in [0.15, 0.2) is 18.3 Å². The zero-order chi connectivity index (χ0) is 11.4. The molecule has 16 heavy (non-hydrogen) atoms. The van der Waals surface area contributed by atoms with Gasteiger partial charge in [0.15, 0.2) is 0 Å². The molecule has 84 valence electrons. The first-order chi connectivity index (χ1) is 7.78. The van der Waals surface area contributed by atoms with E-state index in [4.69, 9.17) is 5.26 Å². The van der Waals surface area contributed by atoms with Crippen LogP contribution in [0.3, 0.4) is 0 Å². The molecule has 0 atom stereocenters. The molecular formula is C12H16N4. The average molecular weight is 216 g/mol. The van der Waals surface area contributed by atoms with Crippen LogP contribution >= 0.6 is 0 Å². The molecule has 0 radical (unpaired) electrons. The van der Waals surface area contributed by atoms with Crippen LogP contribution in [0.2, 0.25) is 0 Å². The second-order valence-electron chi connectivity index (χ2n) is 4.24. The lowest BCUT2D eigenvalue weighted by molar-refractivity contribution is 0.148. The second kappa shape index (κ2) is 5.06. The Morgan fingerprint density at radius 2 is 2.06 bits per heavy atom. The summed E-state index contributed by atoms with van der Waals surface area (Å²) in [7, 11) is 2.15. The lowest BCUT2D eigenvalue weighted by Crippen LogP contribution is -2.43. The van der Waals surface area contributed by atoms with Crippen molar-refractivity contribution in [2.24, 2.45) is 0 Å². The molecule has 2 rings (SSSR count). The molecule has 0 saturated carbocycles. The second-order valence-corrected chi connectivity index (χ2v) is 4.24. The molecule has 0 unspecified atom stereocenters. The molecule has 1 fully saturated rings. The van der Waals surface area contributed by atoms with Crippen LogP contribution in [0.5, 0.6) is 0 Å². The van der Waals surface area contributed by atoms with Gasteiger partial charge in [-0.2, -0.15) is 5.26 Å². The van der Waals surface area contributed by atoms with Crippen LogP contribution in [0.4, 0.5) is 0 Å². The number of aromatic nitrogens is 1. The maximum atomic E-state index is 8.65. The Bertz CT molecular complexity index is 371. The third kappa shape index (κ3) is 2.78. The minimum atomic E-state index is 0.488. The third-order valence-corrected chi connectivity index (χ3v) is 2.94. The van der Waals surface area contributed by atoms with Gasteiger partial charge in [0, 0.05) is 38.9 Å². The van der Waals surface area contributed by atoms with Crippen molar-refractivity contribution in [1.82, 2.24) is 14.8 Å². The molecule has 2 heterocycles. The Labute approximate surface area is 96.1 Å². The predicted molar refractivity (Wildman–Crippen MR) is 61.7 cm³/mol. The number of pyridine rings is 1. The number of piperazine rings is 1. The van der Waals surface area contributed by atoms with E-state index in [2.05, 4.69) is 21.8 Å². The van der Waals surface area contributed by atoms with Crippen molar-refractivity contribution < 1.29 is 0 Å². The van der Waals surface area contributed by atoms with E-state index in [1.165, 1.54) is 5.56 Å². The lowest BCUT2D eigenvalue weighted by Gasteiger charge is -2.32. The van der Waals surface area contributed by atoms with Gasteiger partial charge in [0.1, 0.15) is 11.8 Å². The first-order valence-electron chi connectivity index (χ1n) is 5.54. The first-order valence-corrected chi connectivity index (χ1v) is 5.54. The molecular weight excluding hydrogens is 200 g/mol. The highest BCUT2D eigenvalue weighted by Crippen LogP contribution is 2.07. The molecule has 0 amide bonds. The molecule has 1 aromatic heterocycles. The van der Waals surface area contributed by atoms with Crippen molar-refractivity contribution in [3.05, 3.63) is 29.6 Å². The standard InChI is InChI=1S/C12H16N4/c1-15-4-6-16(7-5-15)10-11-2-3-12(8-13)14-9-11/h2-3,9H,4-7,10H2,1H3. The van der Waals surface area contributed by atoms with Crippen LogP contribution in [0.25, 0.3) is 0 Å². The molecule has 4 nitrogen and oxygen atoms in total. The van der Waals surface area contributed by atoms with Gasteiger partial charge in [0.05, 0.1) is 0 Å². The van der Waals surface area contributed by atoms with Crippen molar-refractivity contribution >= 4 is 0 Å². The zero-order valence-electron chi connectivity index (χ0n) is 9.56. The number of hydrogen-bond donors (Lipinski definition) is 0. The normalized spacial score (nSPS) is 18.2. The summed E-state index contributed by atoms with van der Waals surface area (Å²) in [5.41, 5.74) is 1.67. The summed E-state index contributed by atoms with van der Waals surface area (Å²) in [4.78, 5) is 8.84. The Hall–Kier alpha value is -1.44. The van der Waals surface area contributed by atoms with Gasteiger partial charge in [0.2, 0.25) is 0 Å². The SMILES string of the molecule is CN1CCN(Cc2ccc(C#N)nc2)CC1. The van der Waals surface area contributed by atoms with Crippen molar-refractivity contribution in [1.29, 1.82) is 5.26 Å². The smallest absolute Gasteiger partial charge is 0.140 e. The Morgan fingerprint density at radius 1 is 1.31 bits per heavy atom. The largest absolute Gasteiger partial charge is 0.304 e. The summed E-state index contributed by atoms with van der Waals surface area (Å²) < 4.78 is 0. The summed E-state index contributed by atoms with van der Waals surface area (Å²) in [6, 6.07) is 5.81. The number of likely N-dealkylation sites (N-methyl/N-ethyl adjacent to an activating group) is 1. The van der Waals surface area contributed by atoms with Gasteiger partial charge in [-0.15, -0.1) is 0 Å². The highest BCUT2D eigenvalue weighted by Gasteiger charge is 2.13. The fraction of sp³-hybridized carbons (Fsp3) is 0.500. The van der Waals surface area contributed by atoms with E-state index >= 15 is 0 Å². The van der Waals surface area contributed by atoms with Crippen LogP contribution in [0.1, 0.15) is 11.3 Å². The van der Waals surface area contributed by atoms with Crippen LogP contribution in [-0.2, 0) is 6.54 Å². The summed E-state index contributed by atoms with van der Waals surface area (Å²) in [6.45, 7) is 5.41. The van der Waals surface area contributed by atoms with E-state index in [9.17, 15) is 0 Å². The summed E-state index contributed by atoms with van der Waals surface area (Å²) in [5, 5.41) is 8.65. The highest BCUT2D eigenvalue weighted by atomic mass is 15.2. The van der Waals surface area contributed by atoms with E-state index in [1.54, 1.807) is 12.3 Å². The van der Waals surface area contributed by atoms with E-state index in [1.807, 2.05) is 12.1 Å². The molecule has 1 aliphatic rings. The molecule has 4 heteroatoms. The van der Waals surface area contributed by atoms with Gasteiger partial charge < -0.3 is 4.90 Å². The molecule has 0 aromatic carbocycles. The van der Waals surface area contributed by atoms with Gasteiger partial charge in [0.25, 0.3) is 0 Å². The third-order valence-electron chi connectivity index (χ3n) is 2.94. The summed E-state index contributed by atoms with van der Waals surface area (Å²) in [6.07, 6.45) is 1.80. The van der Waals surface area contributed by atoms with Crippen molar-refractivity contribution in [2.75, 3.05) is 33.2 Å². The molecule has 1 aliphatic heterocycles.